The maximum Gasteiger partial charge on any atom is 0.405 e. The van der Waals surface area contributed by atoms with Gasteiger partial charge >= 0.3 is 6.09 Å². The van der Waals surface area contributed by atoms with Gasteiger partial charge in [-0.15, -0.1) is 0 Å². The number of nitrogens with zero attached hydrogens (tertiary/aromatic N) is 2. The molecule has 2 aliphatic carbocycles. The third kappa shape index (κ3) is 5.54. The van der Waals surface area contributed by atoms with Crippen LogP contribution in [0.4, 0.5) is 10.5 Å². The van der Waals surface area contributed by atoms with E-state index in [-0.39, 0.29) is 34.5 Å². The molecule has 3 rings (SSSR count). The van der Waals surface area contributed by atoms with Gasteiger partial charge in [-0.2, -0.15) is 0 Å². The van der Waals surface area contributed by atoms with E-state index >= 15 is 0 Å². The summed E-state index contributed by atoms with van der Waals surface area (Å²) in [5.41, 5.74) is -0.196. The van der Waals surface area contributed by atoms with Crippen molar-refractivity contribution in [1.29, 1.82) is 0 Å². The van der Waals surface area contributed by atoms with Gasteiger partial charge in [-0.1, -0.05) is 0 Å². The topological polar surface area (TPSA) is 159 Å². The van der Waals surface area contributed by atoms with Gasteiger partial charge < -0.3 is 15.3 Å². The highest BCUT2D eigenvalue weighted by atomic mass is 32.2. The number of amides is 2. The number of carbonyl (C=O) groups is 2. The van der Waals surface area contributed by atoms with E-state index in [2.05, 4.69) is 10.0 Å². The minimum Gasteiger partial charge on any atom is -0.465 e. The van der Waals surface area contributed by atoms with Gasteiger partial charge in [0.25, 0.3) is 5.69 Å². The normalized spacial score (nSPS) is 22.4. The molecular weight excluding hydrogens is 440 g/mol. The van der Waals surface area contributed by atoms with Crippen LogP contribution in [0.25, 0.3) is 0 Å². The summed E-state index contributed by atoms with van der Waals surface area (Å²) in [5.74, 6) is -0.465. The van der Waals surface area contributed by atoms with Crippen molar-refractivity contribution in [2.24, 2.45) is 5.92 Å². The number of nitrogens with one attached hydrogen (secondary N) is 2. The lowest BCUT2D eigenvalue weighted by atomic mass is 9.80. The second-order valence-electron chi connectivity index (χ2n) is 8.45. The number of carboxylic acid groups (broad SMARTS) is 1. The molecule has 0 radical (unpaired) electrons. The van der Waals surface area contributed by atoms with Crippen LogP contribution in [0.15, 0.2) is 29.2 Å². The molecule has 0 saturated heterocycles. The smallest absolute Gasteiger partial charge is 0.405 e. The Hall–Kier alpha value is -2.73. The van der Waals surface area contributed by atoms with Crippen molar-refractivity contribution in [3.05, 3.63) is 34.4 Å². The zero-order chi connectivity index (χ0) is 23.5. The Labute approximate surface area is 186 Å². The van der Waals surface area contributed by atoms with Crippen LogP contribution < -0.4 is 10.0 Å². The second kappa shape index (κ2) is 9.82. The van der Waals surface area contributed by atoms with E-state index in [0.29, 0.717) is 25.7 Å². The number of nitro benzene ring substituents is 1. The molecule has 0 spiro atoms. The van der Waals surface area contributed by atoms with E-state index < -0.39 is 27.1 Å². The zero-order valence-corrected chi connectivity index (χ0v) is 18.6. The van der Waals surface area contributed by atoms with Crippen LogP contribution >= 0.6 is 0 Å². The van der Waals surface area contributed by atoms with Crippen molar-refractivity contribution < 1.29 is 28.0 Å². The molecule has 12 heteroatoms. The summed E-state index contributed by atoms with van der Waals surface area (Å²) in [4.78, 5) is 35.9. The predicted molar refractivity (Wildman–Crippen MR) is 115 cm³/mol. The quantitative estimate of drug-likeness (QED) is 0.389. The number of non-ortho nitro benzene ring substituents is 1. The summed E-state index contributed by atoms with van der Waals surface area (Å²) in [6.07, 6.45) is 3.51. The molecule has 0 unspecified atom stereocenters. The number of rotatable bonds is 8. The Balaban J connectivity index is 1.61. The summed E-state index contributed by atoms with van der Waals surface area (Å²) in [6, 6.07) is 3.57. The van der Waals surface area contributed by atoms with Crippen molar-refractivity contribution >= 4 is 27.7 Å². The standard InChI is InChI=1S/C20H28N4O7S/c1-23(15-3-2-4-15)19(25)18(21-20(26)27)13-5-7-14(8-6-13)22-32(30,31)17-11-9-16(10-12-17)24(28)29/h9-15,18,21-22H,2-8H2,1H3,(H,26,27)/t13?,14?,18-/m0/s1. The fraction of sp³-hybridized carbons (Fsp3) is 0.600. The molecule has 32 heavy (non-hydrogen) atoms. The average molecular weight is 469 g/mol. The minimum absolute atomic E-state index is 0.0621. The van der Waals surface area contributed by atoms with Crippen molar-refractivity contribution in [3.63, 3.8) is 0 Å². The fourth-order valence-corrected chi connectivity index (χ4v) is 5.60. The third-order valence-electron chi connectivity index (χ3n) is 6.44. The molecule has 3 N–H and O–H groups in total. The number of benzene rings is 1. The Bertz CT molecular complexity index is 955. The molecule has 11 nitrogen and oxygen atoms in total. The van der Waals surface area contributed by atoms with Crippen molar-refractivity contribution in [3.8, 4) is 0 Å². The first-order valence-electron chi connectivity index (χ1n) is 10.6. The number of sulfonamides is 1. The highest BCUT2D eigenvalue weighted by molar-refractivity contribution is 7.89. The Morgan fingerprint density at radius 2 is 1.72 bits per heavy atom. The highest BCUT2D eigenvalue weighted by Gasteiger charge is 2.38. The van der Waals surface area contributed by atoms with Crippen molar-refractivity contribution in [2.75, 3.05) is 7.05 Å². The number of nitro groups is 1. The molecule has 176 valence electrons. The molecule has 0 heterocycles. The molecule has 2 fully saturated rings. The van der Waals surface area contributed by atoms with E-state index in [1.807, 2.05) is 0 Å². The Morgan fingerprint density at radius 3 is 2.19 bits per heavy atom. The maximum atomic E-state index is 12.9. The third-order valence-corrected chi connectivity index (χ3v) is 7.97. The molecule has 0 aromatic heterocycles. The summed E-state index contributed by atoms with van der Waals surface area (Å²) >= 11 is 0. The van der Waals surface area contributed by atoms with Crippen LogP contribution in [0.1, 0.15) is 44.9 Å². The summed E-state index contributed by atoms with van der Waals surface area (Å²) in [5, 5.41) is 22.3. The predicted octanol–water partition coefficient (Wildman–Crippen LogP) is 2.08. The van der Waals surface area contributed by atoms with Crippen LogP contribution in [0.3, 0.4) is 0 Å². The first-order chi connectivity index (χ1) is 15.1. The Morgan fingerprint density at radius 1 is 1.12 bits per heavy atom. The summed E-state index contributed by atoms with van der Waals surface area (Å²) in [6.45, 7) is 0. The zero-order valence-electron chi connectivity index (χ0n) is 17.8. The van der Waals surface area contributed by atoms with E-state index in [0.717, 1.165) is 31.4 Å². The van der Waals surface area contributed by atoms with E-state index in [4.69, 9.17) is 0 Å². The molecule has 1 atom stereocenters. The van der Waals surface area contributed by atoms with Crippen LogP contribution in [0.2, 0.25) is 0 Å². The maximum absolute atomic E-state index is 12.9. The largest absolute Gasteiger partial charge is 0.465 e. The van der Waals surface area contributed by atoms with Gasteiger partial charge in [-0.25, -0.2) is 17.9 Å². The van der Waals surface area contributed by atoms with Crippen molar-refractivity contribution in [1.82, 2.24) is 14.9 Å². The fourth-order valence-electron chi connectivity index (χ4n) is 4.29. The van der Waals surface area contributed by atoms with Crippen molar-refractivity contribution in [2.45, 2.75) is 68.0 Å². The summed E-state index contributed by atoms with van der Waals surface area (Å²) in [7, 11) is -2.15. The monoisotopic (exact) mass is 468 g/mol. The van der Waals surface area contributed by atoms with Crippen LogP contribution in [0, 0.1) is 16.0 Å². The van der Waals surface area contributed by atoms with Gasteiger partial charge in [0.15, 0.2) is 0 Å². The van der Waals surface area contributed by atoms with Gasteiger partial charge in [0.2, 0.25) is 15.9 Å². The lowest BCUT2D eigenvalue weighted by Gasteiger charge is -2.39. The van der Waals surface area contributed by atoms with Crippen LogP contribution in [0.5, 0.6) is 0 Å². The minimum atomic E-state index is -3.85. The van der Waals surface area contributed by atoms with Gasteiger partial charge in [-0.3, -0.25) is 14.9 Å². The van der Waals surface area contributed by atoms with Gasteiger partial charge in [-0.05, 0) is 63.0 Å². The Kier molecular flexibility index (Phi) is 7.34. The molecule has 2 aliphatic rings. The molecule has 2 amide bonds. The SMILES string of the molecule is CN(C(=O)[C@@H](NC(=O)O)C1CCC(NS(=O)(=O)c2ccc([N+](=O)[O-])cc2)CC1)C1CCC1. The van der Waals surface area contributed by atoms with Gasteiger partial charge in [0, 0.05) is 31.3 Å². The number of hydrogen-bond donors (Lipinski definition) is 3. The van der Waals surface area contributed by atoms with Gasteiger partial charge in [0.1, 0.15) is 6.04 Å². The van der Waals surface area contributed by atoms with E-state index in [1.165, 1.54) is 12.1 Å². The highest BCUT2D eigenvalue weighted by Crippen LogP contribution is 2.31. The lowest BCUT2D eigenvalue weighted by Crippen LogP contribution is -2.55. The first-order valence-corrected chi connectivity index (χ1v) is 12.1. The van der Waals surface area contributed by atoms with Crippen LogP contribution in [-0.4, -0.2) is 60.5 Å². The first kappa shape index (κ1) is 23.9. The van der Waals surface area contributed by atoms with Gasteiger partial charge in [0.05, 0.1) is 9.82 Å². The average Bonchev–Trinajstić information content (AvgIpc) is 2.70. The second-order valence-corrected chi connectivity index (χ2v) is 10.2. The number of likely N-dealkylation sites (N-methyl/N-ethyl adjacent to an activating group) is 1. The van der Waals surface area contributed by atoms with Crippen LogP contribution in [-0.2, 0) is 14.8 Å². The molecule has 0 aliphatic heterocycles. The molecule has 2 saturated carbocycles. The summed E-state index contributed by atoms with van der Waals surface area (Å²) < 4.78 is 27.9. The molecule has 1 aromatic carbocycles. The lowest BCUT2D eigenvalue weighted by molar-refractivity contribution is -0.384. The van der Waals surface area contributed by atoms with E-state index in [9.17, 15) is 33.2 Å². The number of carbonyl (C=O) groups excluding carboxylic acids is 1. The van der Waals surface area contributed by atoms with E-state index in [1.54, 1.807) is 11.9 Å². The molecule has 0 bridgehead atoms. The number of hydrogen-bond acceptors (Lipinski definition) is 6. The molecule has 1 aromatic rings. The molecular formula is C20H28N4O7S.